The number of nitrogens with zero attached hydrogens (tertiary/aromatic N) is 3. The predicted octanol–water partition coefficient (Wildman–Crippen LogP) is 3.03. The number of aromatic carboxylic acids is 1. The summed E-state index contributed by atoms with van der Waals surface area (Å²) in [6.45, 7) is 4.18. The first-order chi connectivity index (χ1) is 10.1. The topological polar surface area (TPSA) is 75.4 Å². The van der Waals surface area contributed by atoms with E-state index in [-0.39, 0.29) is 11.5 Å². The maximum atomic E-state index is 11.5. The van der Waals surface area contributed by atoms with Crippen LogP contribution in [0.3, 0.4) is 0 Å². The maximum Gasteiger partial charge on any atom is 0.338 e. The van der Waals surface area contributed by atoms with Crippen LogP contribution in [-0.4, -0.2) is 27.3 Å². The predicted molar refractivity (Wildman–Crippen MR) is 81.3 cm³/mol. The molecule has 1 N–H and O–H groups in total. The lowest BCUT2D eigenvalue weighted by Crippen LogP contribution is -2.15. The maximum absolute atomic E-state index is 11.5. The van der Waals surface area contributed by atoms with Crippen LogP contribution in [0.25, 0.3) is 16.6 Å². The molecule has 2 aromatic rings. The lowest BCUT2D eigenvalue weighted by molar-refractivity contribution is 0.0698. The third-order valence-electron chi connectivity index (χ3n) is 3.90. The van der Waals surface area contributed by atoms with Gasteiger partial charge < -0.3 is 5.11 Å². The van der Waals surface area contributed by atoms with Gasteiger partial charge in [-0.25, -0.2) is 9.78 Å². The van der Waals surface area contributed by atoms with E-state index in [1.165, 1.54) is 0 Å². The molecule has 0 saturated heterocycles. The zero-order chi connectivity index (χ0) is 15.0. The number of hydrogen-bond donors (Lipinski definition) is 1. The van der Waals surface area contributed by atoms with E-state index in [1.54, 1.807) is 30.6 Å². The largest absolute Gasteiger partial charge is 0.478 e. The SMILES string of the molecule is CC1C=NC=C(c2cc(C(=O)O)c3ncccc3n2)C1C. The number of aliphatic imine (C=N–C) groups is 1. The Labute approximate surface area is 122 Å². The van der Waals surface area contributed by atoms with Crippen LogP contribution >= 0.6 is 0 Å². The van der Waals surface area contributed by atoms with E-state index >= 15 is 0 Å². The zero-order valence-electron chi connectivity index (χ0n) is 11.8. The molecule has 0 aliphatic carbocycles. The quantitative estimate of drug-likeness (QED) is 0.918. The minimum Gasteiger partial charge on any atom is -0.478 e. The van der Waals surface area contributed by atoms with Crippen molar-refractivity contribution in [3.63, 3.8) is 0 Å². The van der Waals surface area contributed by atoms with E-state index in [0.717, 1.165) is 5.57 Å². The average Bonchev–Trinajstić information content (AvgIpc) is 2.48. The first-order valence-electron chi connectivity index (χ1n) is 6.80. The molecule has 21 heavy (non-hydrogen) atoms. The molecule has 5 nitrogen and oxygen atoms in total. The molecular weight excluding hydrogens is 266 g/mol. The number of carbonyl (C=O) groups is 1. The van der Waals surface area contributed by atoms with Crippen molar-refractivity contribution in [3.8, 4) is 0 Å². The molecule has 106 valence electrons. The Kier molecular flexibility index (Phi) is 3.25. The van der Waals surface area contributed by atoms with Gasteiger partial charge in [-0.1, -0.05) is 13.8 Å². The molecule has 0 radical (unpaired) electrons. The summed E-state index contributed by atoms with van der Waals surface area (Å²) in [5.74, 6) is -0.460. The first-order valence-corrected chi connectivity index (χ1v) is 6.80. The zero-order valence-corrected chi connectivity index (χ0v) is 11.8. The average molecular weight is 281 g/mol. The molecule has 0 saturated carbocycles. The number of allylic oxidation sites excluding steroid dienone is 1. The highest BCUT2D eigenvalue weighted by Gasteiger charge is 2.22. The second kappa shape index (κ2) is 5.09. The van der Waals surface area contributed by atoms with Gasteiger partial charge in [-0.2, -0.15) is 0 Å². The molecule has 1 aliphatic rings. The standard InChI is InChI=1S/C16H15N3O2/c1-9-7-17-8-12(10(9)2)14-6-11(16(20)21)15-13(19-14)4-3-5-18-15/h3-10H,1-2H3,(H,20,21). The normalized spacial score (nSPS) is 21.3. The molecule has 0 fully saturated rings. The molecule has 2 unspecified atom stereocenters. The summed E-state index contributed by atoms with van der Waals surface area (Å²) in [6, 6.07) is 5.12. The summed E-state index contributed by atoms with van der Waals surface area (Å²) in [5.41, 5.74) is 2.78. The molecule has 2 atom stereocenters. The summed E-state index contributed by atoms with van der Waals surface area (Å²) in [6.07, 6.45) is 5.24. The van der Waals surface area contributed by atoms with Gasteiger partial charge >= 0.3 is 5.97 Å². The van der Waals surface area contributed by atoms with Gasteiger partial charge in [0, 0.05) is 18.6 Å². The fraction of sp³-hybridized carbons (Fsp3) is 0.250. The van der Waals surface area contributed by atoms with Crippen LogP contribution < -0.4 is 0 Å². The van der Waals surface area contributed by atoms with Crippen molar-refractivity contribution < 1.29 is 9.90 Å². The summed E-state index contributed by atoms with van der Waals surface area (Å²) in [4.78, 5) is 24.4. The Morgan fingerprint density at radius 3 is 2.90 bits per heavy atom. The van der Waals surface area contributed by atoms with E-state index in [4.69, 9.17) is 0 Å². The summed E-state index contributed by atoms with van der Waals surface area (Å²) in [7, 11) is 0. The fourth-order valence-electron chi connectivity index (χ4n) is 2.46. The Bertz CT molecular complexity index is 780. The van der Waals surface area contributed by atoms with E-state index in [9.17, 15) is 9.90 Å². The lowest BCUT2D eigenvalue weighted by atomic mass is 9.86. The van der Waals surface area contributed by atoms with Crippen molar-refractivity contribution >= 4 is 28.8 Å². The number of hydrogen-bond acceptors (Lipinski definition) is 4. The van der Waals surface area contributed by atoms with Crippen LogP contribution in [0.5, 0.6) is 0 Å². The molecule has 0 bridgehead atoms. The smallest absolute Gasteiger partial charge is 0.338 e. The first kappa shape index (κ1) is 13.4. The number of carboxylic acids is 1. The molecule has 3 heterocycles. The molecule has 5 heteroatoms. The Hall–Kier alpha value is -2.56. The Morgan fingerprint density at radius 2 is 2.14 bits per heavy atom. The minimum atomic E-state index is -0.997. The van der Waals surface area contributed by atoms with Crippen molar-refractivity contribution in [2.24, 2.45) is 16.8 Å². The van der Waals surface area contributed by atoms with Gasteiger partial charge in [-0.05, 0) is 35.6 Å². The summed E-state index contributed by atoms with van der Waals surface area (Å²) in [5, 5.41) is 9.41. The lowest BCUT2D eigenvalue weighted by Gasteiger charge is -2.22. The van der Waals surface area contributed by atoms with Gasteiger partial charge in [0.1, 0.15) is 5.52 Å². The van der Waals surface area contributed by atoms with Gasteiger partial charge in [0.25, 0.3) is 0 Å². The number of fused-ring (bicyclic) bond motifs is 1. The van der Waals surface area contributed by atoms with Crippen LogP contribution in [0.4, 0.5) is 0 Å². The van der Waals surface area contributed by atoms with Crippen LogP contribution in [-0.2, 0) is 0 Å². The fourth-order valence-corrected chi connectivity index (χ4v) is 2.46. The number of carboxylic acid groups (broad SMARTS) is 1. The molecule has 0 aromatic carbocycles. The molecule has 1 aliphatic heterocycles. The van der Waals surface area contributed by atoms with E-state index in [0.29, 0.717) is 22.6 Å². The van der Waals surface area contributed by atoms with Gasteiger partial charge in [-0.3, -0.25) is 9.98 Å². The highest BCUT2D eigenvalue weighted by molar-refractivity contribution is 6.01. The highest BCUT2D eigenvalue weighted by atomic mass is 16.4. The number of pyridine rings is 2. The second-order valence-corrected chi connectivity index (χ2v) is 5.26. The molecule has 0 spiro atoms. The second-order valence-electron chi connectivity index (χ2n) is 5.26. The van der Waals surface area contributed by atoms with E-state index in [2.05, 4.69) is 28.8 Å². The summed E-state index contributed by atoms with van der Waals surface area (Å²) < 4.78 is 0. The van der Waals surface area contributed by atoms with Crippen molar-refractivity contribution in [3.05, 3.63) is 41.9 Å². The minimum absolute atomic E-state index is 0.172. The van der Waals surface area contributed by atoms with Gasteiger partial charge in [0.15, 0.2) is 0 Å². The Morgan fingerprint density at radius 1 is 1.33 bits per heavy atom. The van der Waals surface area contributed by atoms with E-state index < -0.39 is 5.97 Å². The molecule has 3 rings (SSSR count). The molecular formula is C16H15N3O2. The molecule has 0 amide bonds. The number of aromatic nitrogens is 2. The van der Waals surface area contributed by atoms with E-state index in [1.807, 2.05) is 6.21 Å². The third kappa shape index (κ3) is 2.31. The third-order valence-corrected chi connectivity index (χ3v) is 3.90. The monoisotopic (exact) mass is 281 g/mol. The van der Waals surface area contributed by atoms with Crippen LogP contribution in [0.15, 0.2) is 35.6 Å². The van der Waals surface area contributed by atoms with Crippen molar-refractivity contribution in [2.45, 2.75) is 13.8 Å². The summed E-state index contributed by atoms with van der Waals surface area (Å²) >= 11 is 0. The molecule has 2 aromatic heterocycles. The van der Waals surface area contributed by atoms with Crippen LogP contribution in [0.1, 0.15) is 29.9 Å². The van der Waals surface area contributed by atoms with Crippen molar-refractivity contribution in [1.29, 1.82) is 0 Å². The van der Waals surface area contributed by atoms with Gasteiger partial charge in [0.2, 0.25) is 0 Å². The van der Waals surface area contributed by atoms with Crippen LogP contribution in [0.2, 0.25) is 0 Å². The van der Waals surface area contributed by atoms with Gasteiger partial charge in [-0.15, -0.1) is 0 Å². The van der Waals surface area contributed by atoms with Gasteiger partial charge in [0.05, 0.1) is 16.8 Å². The van der Waals surface area contributed by atoms with Crippen molar-refractivity contribution in [1.82, 2.24) is 9.97 Å². The number of rotatable bonds is 2. The Balaban J connectivity index is 2.23. The van der Waals surface area contributed by atoms with Crippen LogP contribution in [0, 0.1) is 11.8 Å². The van der Waals surface area contributed by atoms with Crippen molar-refractivity contribution in [2.75, 3.05) is 0 Å². The highest BCUT2D eigenvalue weighted by Crippen LogP contribution is 2.31.